The summed E-state index contributed by atoms with van der Waals surface area (Å²) < 4.78 is 22.2. The predicted octanol–water partition coefficient (Wildman–Crippen LogP) is 1.19. The molecule has 0 saturated heterocycles. The van der Waals surface area contributed by atoms with Crippen molar-refractivity contribution in [3.8, 4) is 11.5 Å². The van der Waals surface area contributed by atoms with E-state index in [-0.39, 0.29) is 16.4 Å². The normalized spacial score (nSPS) is 11.7. The Balaban J connectivity index is 2.09. The second-order valence-corrected chi connectivity index (χ2v) is 5.72. The van der Waals surface area contributed by atoms with Gasteiger partial charge in [-0.1, -0.05) is 6.07 Å². The zero-order chi connectivity index (χ0) is 15.5. The number of hydrogen-bond acceptors (Lipinski definition) is 6. The van der Waals surface area contributed by atoms with Crippen molar-refractivity contribution in [2.24, 2.45) is 10.2 Å². The number of anilines is 1. The maximum absolute atomic E-state index is 11.1. The van der Waals surface area contributed by atoms with E-state index in [0.29, 0.717) is 11.3 Å². The van der Waals surface area contributed by atoms with Crippen LogP contribution in [-0.2, 0) is 10.0 Å². The highest BCUT2D eigenvalue weighted by Crippen LogP contribution is 2.26. The molecule has 0 radical (unpaired) electrons. The van der Waals surface area contributed by atoms with Crippen molar-refractivity contribution < 1.29 is 18.6 Å². The van der Waals surface area contributed by atoms with Crippen LogP contribution in [0, 0.1) is 0 Å². The van der Waals surface area contributed by atoms with E-state index in [1.807, 2.05) is 0 Å². The van der Waals surface area contributed by atoms with Crippen LogP contribution in [0.2, 0.25) is 0 Å². The lowest BCUT2D eigenvalue weighted by Gasteiger charge is -2.03. The lowest BCUT2D eigenvalue weighted by atomic mass is 10.2. The van der Waals surface area contributed by atoms with Crippen LogP contribution in [0.15, 0.2) is 52.5 Å². The molecule has 0 bridgehead atoms. The first-order chi connectivity index (χ1) is 9.88. The molecule has 0 heterocycles. The molecule has 0 aromatic heterocycles. The summed E-state index contributed by atoms with van der Waals surface area (Å²) in [5.74, 6) is -0.510. The SMILES string of the molecule is NS(=O)(=O)c1ccc(N/N=C\c2cccc(O)c2O)cc1. The zero-order valence-electron chi connectivity index (χ0n) is 10.8. The van der Waals surface area contributed by atoms with Gasteiger partial charge in [0.15, 0.2) is 11.5 Å². The number of nitrogens with zero attached hydrogens (tertiary/aromatic N) is 1. The number of para-hydroxylation sites is 1. The van der Waals surface area contributed by atoms with Gasteiger partial charge in [0.2, 0.25) is 10.0 Å². The summed E-state index contributed by atoms with van der Waals surface area (Å²) in [5.41, 5.74) is 3.54. The van der Waals surface area contributed by atoms with Gasteiger partial charge >= 0.3 is 0 Å². The smallest absolute Gasteiger partial charge is 0.238 e. The lowest BCUT2D eigenvalue weighted by molar-refractivity contribution is 0.403. The van der Waals surface area contributed by atoms with Crippen molar-refractivity contribution in [2.75, 3.05) is 5.43 Å². The molecule has 0 aliphatic heterocycles. The number of phenols is 2. The Morgan fingerprint density at radius 1 is 1.10 bits per heavy atom. The number of aromatic hydroxyl groups is 2. The molecule has 0 amide bonds. The quantitative estimate of drug-likeness (QED) is 0.383. The summed E-state index contributed by atoms with van der Waals surface area (Å²) in [6.07, 6.45) is 1.32. The molecule has 2 aromatic carbocycles. The second kappa shape index (κ2) is 5.81. The minimum Gasteiger partial charge on any atom is -0.504 e. The number of sulfonamides is 1. The maximum Gasteiger partial charge on any atom is 0.238 e. The Morgan fingerprint density at radius 3 is 2.38 bits per heavy atom. The fraction of sp³-hybridized carbons (Fsp3) is 0. The maximum atomic E-state index is 11.1. The van der Waals surface area contributed by atoms with E-state index in [0.717, 1.165) is 0 Å². The van der Waals surface area contributed by atoms with Gasteiger partial charge in [-0.05, 0) is 36.4 Å². The summed E-state index contributed by atoms with van der Waals surface area (Å²) in [6, 6.07) is 10.2. The number of hydrazone groups is 1. The zero-order valence-corrected chi connectivity index (χ0v) is 11.6. The highest BCUT2D eigenvalue weighted by atomic mass is 32.2. The number of nitrogens with one attached hydrogen (secondary N) is 1. The molecule has 21 heavy (non-hydrogen) atoms. The van der Waals surface area contributed by atoms with Crippen molar-refractivity contribution in [3.05, 3.63) is 48.0 Å². The van der Waals surface area contributed by atoms with Crippen LogP contribution in [0.1, 0.15) is 5.56 Å². The van der Waals surface area contributed by atoms with Crippen LogP contribution in [0.3, 0.4) is 0 Å². The fourth-order valence-electron chi connectivity index (χ4n) is 1.55. The predicted molar refractivity (Wildman–Crippen MR) is 78.8 cm³/mol. The van der Waals surface area contributed by atoms with Crippen LogP contribution in [0.5, 0.6) is 11.5 Å². The van der Waals surface area contributed by atoms with Crippen LogP contribution >= 0.6 is 0 Å². The van der Waals surface area contributed by atoms with Gasteiger partial charge in [0.1, 0.15) is 0 Å². The van der Waals surface area contributed by atoms with Crippen LogP contribution in [-0.4, -0.2) is 24.8 Å². The molecular weight excluding hydrogens is 294 g/mol. The van der Waals surface area contributed by atoms with Gasteiger partial charge in [-0.2, -0.15) is 5.10 Å². The Morgan fingerprint density at radius 2 is 1.76 bits per heavy atom. The van der Waals surface area contributed by atoms with Gasteiger partial charge < -0.3 is 10.2 Å². The monoisotopic (exact) mass is 307 g/mol. The molecule has 0 aliphatic rings. The molecule has 0 unspecified atom stereocenters. The van der Waals surface area contributed by atoms with Crippen LogP contribution in [0.25, 0.3) is 0 Å². The van der Waals surface area contributed by atoms with E-state index < -0.39 is 10.0 Å². The van der Waals surface area contributed by atoms with Crippen molar-refractivity contribution in [3.63, 3.8) is 0 Å². The second-order valence-electron chi connectivity index (χ2n) is 4.15. The summed E-state index contributed by atoms with van der Waals surface area (Å²) in [6.45, 7) is 0. The Labute approximate surface area is 121 Å². The average Bonchev–Trinajstić information content (AvgIpc) is 2.43. The third-order valence-electron chi connectivity index (χ3n) is 2.63. The molecule has 0 atom stereocenters. The van der Waals surface area contributed by atoms with E-state index in [4.69, 9.17) is 5.14 Å². The minimum atomic E-state index is -3.72. The Kier molecular flexibility index (Phi) is 4.10. The lowest BCUT2D eigenvalue weighted by Crippen LogP contribution is -2.11. The van der Waals surface area contributed by atoms with Gasteiger partial charge in [-0.3, -0.25) is 5.43 Å². The number of nitrogens with two attached hydrogens (primary N) is 1. The first kappa shape index (κ1) is 14.8. The summed E-state index contributed by atoms with van der Waals surface area (Å²) in [7, 11) is -3.72. The Bertz CT molecular complexity index is 771. The number of benzene rings is 2. The molecule has 7 nitrogen and oxygen atoms in total. The minimum absolute atomic E-state index is 0.00246. The molecule has 0 fully saturated rings. The largest absolute Gasteiger partial charge is 0.504 e. The molecule has 8 heteroatoms. The van der Waals surface area contributed by atoms with E-state index in [9.17, 15) is 18.6 Å². The summed E-state index contributed by atoms with van der Waals surface area (Å²) in [4.78, 5) is 0.00246. The standard InChI is InChI=1S/C13H13N3O4S/c14-21(19,20)11-6-4-10(5-7-11)16-15-8-9-2-1-3-12(17)13(9)18/h1-8,16-18H,(H2,14,19,20)/b15-8-. The molecule has 0 aliphatic carbocycles. The molecule has 0 saturated carbocycles. The van der Waals surface area contributed by atoms with Gasteiger partial charge in [0.25, 0.3) is 0 Å². The highest BCUT2D eigenvalue weighted by Gasteiger charge is 2.06. The summed E-state index contributed by atoms with van der Waals surface area (Å²) in [5, 5.41) is 27.8. The first-order valence-electron chi connectivity index (χ1n) is 5.81. The van der Waals surface area contributed by atoms with Crippen LogP contribution in [0.4, 0.5) is 5.69 Å². The van der Waals surface area contributed by atoms with E-state index in [1.54, 1.807) is 12.1 Å². The molecule has 2 rings (SSSR count). The Hall–Kier alpha value is -2.58. The fourth-order valence-corrected chi connectivity index (χ4v) is 2.06. The third-order valence-corrected chi connectivity index (χ3v) is 3.56. The van der Waals surface area contributed by atoms with Gasteiger partial charge in [0.05, 0.1) is 16.8 Å². The summed E-state index contributed by atoms with van der Waals surface area (Å²) >= 11 is 0. The van der Waals surface area contributed by atoms with Crippen LogP contribution < -0.4 is 10.6 Å². The van der Waals surface area contributed by atoms with Crippen molar-refractivity contribution in [1.82, 2.24) is 0 Å². The first-order valence-corrected chi connectivity index (χ1v) is 7.35. The van der Waals surface area contributed by atoms with E-state index in [1.165, 1.54) is 36.5 Å². The molecule has 110 valence electrons. The van der Waals surface area contributed by atoms with Gasteiger partial charge in [-0.25, -0.2) is 13.6 Å². The average molecular weight is 307 g/mol. The number of phenolic OH excluding ortho intramolecular Hbond substituents is 2. The van der Waals surface area contributed by atoms with E-state index in [2.05, 4.69) is 10.5 Å². The molecular formula is C13H13N3O4S. The van der Waals surface area contributed by atoms with Crippen molar-refractivity contribution >= 4 is 21.9 Å². The van der Waals surface area contributed by atoms with Gasteiger partial charge in [-0.15, -0.1) is 0 Å². The van der Waals surface area contributed by atoms with E-state index >= 15 is 0 Å². The number of hydrogen-bond donors (Lipinski definition) is 4. The van der Waals surface area contributed by atoms with Gasteiger partial charge in [0, 0.05) is 5.56 Å². The van der Waals surface area contributed by atoms with Crippen molar-refractivity contribution in [1.29, 1.82) is 0 Å². The molecule has 5 N–H and O–H groups in total. The number of primary sulfonamides is 1. The third kappa shape index (κ3) is 3.71. The topological polar surface area (TPSA) is 125 Å². The highest BCUT2D eigenvalue weighted by molar-refractivity contribution is 7.89. The number of rotatable bonds is 4. The molecule has 2 aromatic rings. The molecule has 0 spiro atoms. The van der Waals surface area contributed by atoms with Crippen molar-refractivity contribution in [2.45, 2.75) is 4.90 Å².